The summed E-state index contributed by atoms with van der Waals surface area (Å²) in [6.07, 6.45) is 5.37. The molecular formula is C21H26N8O2. The fourth-order valence-electron chi connectivity index (χ4n) is 3.42. The van der Waals surface area contributed by atoms with E-state index >= 15 is 0 Å². The molecule has 2 N–H and O–H groups in total. The number of aryl methyl sites for hydroxylation is 1. The fraction of sp³-hybridized carbons (Fsp3) is 0.429. The monoisotopic (exact) mass is 422 g/mol. The smallest absolute Gasteiger partial charge is 0.339 e. The zero-order valence-corrected chi connectivity index (χ0v) is 18.1. The van der Waals surface area contributed by atoms with E-state index in [1.807, 2.05) is 43.0 Å². The maximum absolute atomic E-state index is 12.9. The number of hydrogen-bond acceptors (Lipinski definition) is 8. The van der Waals surface area contributed by atoms with E-state index in [9.17, 15) is 4.79 Å². The minimum Gasteiger partial charge on any atom is -0.462 e. The number of aromatic nitrogens is 7. The highest BCUT2D eigenvalue weighted by Gasteiger charge is 2.20. The van der Waals surface area contributed by atoms with Crippen LogP contribution in [-0.4, -0.2) is 46.9 Å². The van der Waals surface area contributed by atoms with Crippen LogP contribution in [0.25, 0.3) is 22.2 Å². The molecule has 4 aromatic heterocycles. The van der Waals surface area contributed by atoms with Crippen LogP contribution in [0.1, 0.15) is 62.1 Å². The van der Waals surface area contributed by atoms with Crippen molar-refractivity contribution in [3.05, 3.63) is 36.2 Å². The summed E-state index contributed by atoms with van der Waals surface area (Å²) in [5.74, 6) is 0.148. The van der Waals surface area contributed by atoms with E-state index in [2.05, 4.69) is 20.1 Å². The number of ether oxygens (including phenoxy) is 1. The standard InChI is InChI=1S/C21H26N8O2/c1-12(2)16-8-14(15-9-26-29(13(3)4)19(15)27-16)21(30)31-7-5-6-28-11-25-17-18(22)23-10-24-20(17)28/h8-13H,5-7H2,1-4H3,(H2,22,23,24). The molecule has 31 heavy (non-hydrogen) atoms. The molecule has 4 heterocycles. The van der Waals surface area contributed by atoms with Gasteiger partial charge >= 0.3 is 5.97 Å². The third-order valence-corrected chi connectivity index (χ3v) is 5.09. The van der Waals surface area contributed by atoms with Crippen molar-refractivity contribution in [3.8, 4) is 0 Å². The largest absolute Gasteiger partial charge is 0.462 e. The topological polar surface area (TPSA) is 127 Å². The Morgan fingerprint density at radius 1 is 1.16 bits per heavy atom. The van der Waals surface area contributed by atoms with Gasteiger partial charge < -0.3 is 15.0 Å². The Morgan fingerprint density at radius 3 is 2.71 bits per heavy atom. The molecule has 0 radical (unpaired) electrons. The molecule has 0 spiro atoms. The number of imidazole rings is 1. The van der Waals surface area contributed by atoms with Crippen molar-refractivity contribution in [2.45, 2.75) is 52.6 Å². The number of carbonyl (C=O) groups is 1. The maximum atomic E-state index is 12.9. The lowest BCUT2D eigenvalue weighted by Gasteiger charge is -2.12. The van der Waals surface area contributed by atoms with Crippen LogP contribution in [0.15, 0.2) is 24.9 Å². The highest BCUT2D eigenvalue weighted by atomic mass is 16.5. The number of nitrogens with two attached hydrogens (primary N) is 1. The van der Waals surface area contributed by atoms with Crippen molar-refractivity contribution in [3.63, 3.8) is 0 Å². The Balaban J connectivity index is 1.48. The Bertz CT molecular complexity index is 1240. The maximum Gasteiger partial charge on any atom is 0.339 e. The molecule has 162 valence electrons. The van der Waals surface area contributed by atoms with Crippen molar-refractivity contribution in [1.29, 1.82) is 0 Å². The number of nitrogens with zero attached hydrogens (tertiary/aromatic N) is 7. The van der Waals surface area contributed by atoms with Crippen molar-refractivity contribution in [2.24, 2.45) is 0 Å². The van der Waals surface area contributed by atoms with E-state index in [0.717, 1.165) is 5.69 Å². The molecule has 0 amide bonds. The molecule has 0 saturated heterocycles. The fourth-order valence-corrected chi connectivity index (χ4v) is 3.42. The van der Waals surface area contributed by atoms with E-state index in [-0.39, 0.29) is 24.5 Å². The lowest BCUT2D eigenvalue weighted by Crippen LogP contribution is -2.11. The molecule has 0 aromatic carbocycles. The molecule has 0 bridgehead atoms. The lowest BCUT2D eigenvalue weighted by molar-refractivity contribution is 0.0498. The van der Waals surface area contributed by atoms with E-state index in [1.165, 1.54) is 6.33 Å². The second-order valence-electron chi connectivity index (χ2n) is 8.03. The normalized spacial score (nSPS) is 11.8. The number of nitrogen functional groups attached to an aromatic ring is 1. The molecule has 0 atom stereocenters. The summed E-state index contributed by atoms with van der Waals surface area (Å²) in [5, 5.41) is 5.12. The van der Waals surface area contributed by atoms with Crippen LogP contribution >= 0.6 is 0 Å². The van der Waals surface area contributed by atoms with Crippen LogP contribution < -0.4 is 5.73 Å². The van der Waals surface area contributed by atoms with E-state index < -0.39 is 0 Å². The number of esters is 1. The van der Waals surface area contributed by atoms with Crippen LogP contribution in [0.2, 0.25) is 0 Å². The van der Waals surface area contributed by atoms with E-state index in [1.54, 1.807) is 12.5 Å². The minimum absolute atomic E-state index is 0.138. The van der Waals surface area contributed by atoms with Crippen LogP contribution in [0.3, 0.4) is 0 Å². The van der Waals surface area contributed by atoms with Gasteiger partial charge in [-0.2, -0.15) is 5.10 Å². The number of pyridine rings is 1. The van der Waals surface area contributed by atoms with Crippen LogP contribution in [-0.2, 0) is 11.3 Å². The molecule has 0 saturated carbocycles. The summed E-state index contributed by atoms with van der Waals surface area (Å²) >= 11 is 0. The van der Waals surface area contributed by atoms with E-state index in [0.29, 0.717) is 46.5 Å². The van der Waals surface area contributed by atoms with E-state index in [4.69, 9.17) is 15.5 Å². The first kappa shape index (κ1) is 20.7. The van der Waals surface area contributed by atoms with Crippen molar-refractivity contribution in [2.75, 3.05) is 12.3 Å². The van der Waals surface area contributed by atoms with Crippen molar-refractivity contribution < 1.29 is 9.53 Å². The average Bonchev–Trinajstić information content (AvgIpc) is 3.35. The third kappa shape index (κ3) is 3.92. The van der Waals surface area contributed by atoms with Gasteiger partial charge in [-0.3, -0.25) is 0 Å². The minimum atomic E-state index is -0.375. The highest BCUT2D eigenvalue weighted by Crippen LogP contribution is 2.25. The van der Waals surface area contributed by atoms with Crippen LogP contribution in [0.4, 0.5) is 5.82 Å². The second kappa shape index (κ2) is 8.29. The number of anilines is 1. The van der Waals surface area contributed by atoms with Gasteiger partial charge in [0.15, 0.2) is 17.1 Å². The second-order valence-corrected chi connectivity index (χ2v) is 8.03. The first-order valence-electron chi connectivity index (χ1n) is 10.3. The van der Waals surface area contributed by atoms with Gasteiger partial charge in [0.25, 0.3) is 0 Å². The summed E-state index contributed by atoms with van der Waals surface area (Å²) in [6.45, 7) is 9.02. The number of fused-ring (bicyclic) bond motifs is 2. The summed E-state index contributed by atoms with van der Waals surface area (Å²) in [6, 6.07) is 1.95. The number of rotatable bonds is 7. The molecule has 10 heteroatoms. The summed E-state index contributed by atoms with van der Waals surface area (Å²) in [4.78, 5) is 30.0. The van der Waals surface area contributed by atoms with Gasteiger partial charge in [-0.1, -0.05) is 13.8 Å². The molecule has 0 aliphatic heterocycles. The first-order chi connectivity index (χ1) is 14.9. The van der Waals surface area contributed by atoms with Gasteiger partial charge in [0.2, 0.25) is 0 Å². The number of hydrogen-bond donors (Lipinski definition) is 1. The zero-order chi connectivity index (χ0) is 22.1. The molecule has 0 unspecified atom stereocenters. The van der Waals surface area contributed by atoms with Gasteiger partial charge in [0, 0.05) is 18.3 Å². The van der Waals surface area contributed by atoms with Gasteiger partial charge in [0.1, 0.15) is 11.8 Å². The molecule has 0 aliphatic rings. The Morgan fingerprint density at radius 2 is 1.97 bits per heavy atom. The Hall–Kier alpha value is -3.56. The molecule has 0 fully saturated rings. The van der Waals surface area contributed by atoms with Crippen molar-refractivity contribution in [1.82, 2.24) is 34.3 Å². The van der Waals surface area contributed by atoms with Crippen LogP contribution in [0.5, 0.6) is 0 Å². The first-order valence-corrected chi connectivity index (χ1v) is 10.3. The quantitative estimate of drug-likeness (QED) is 0.355. The summed E-state index contributed by atoms with van der Waals surface area (Å²) in [5.41, 5.74) is 9.09. The van der Waals surface area contributed by atoms with Crippen LogP contribution in [0, 0.1) is 0 Å². The molecular weight excluding hydrogens is 396 g/mol. The Labute approximate surface area is 179 Å². The third-order valence-electron chi connectivity index (χ3n) is 5.09. The molecule has 0 aliphatic carbocycles. The zero-order valence-electron chi connectivity index (χ0n) is 18.1. The van der Waals surface area contributed by atoms with Gasteiger partial charge in [-0.05, 0) is 32.3 Å². The Kier molecular flexibility index (Phi) is 5.53. The summed E-state index contributed by atoms with van der Waals surface area (Å²) in [7, 11) is 0. The lowest BCUT2D eigenvalue weighted by atomic mass is 10.1. The predicted octanol–water partition coefficient (Wildman–Crippen LogP) is 3.10. The summed E-state index contributed by atoms with van der Waals surface area (Å²) < 4.78 is 9.28. The van der Waals surface area contributed by atoms with Gasteiger partial charge in [0.05, 0.1) is 30.1 Å². The molecule has 10 nitrogen and oxygen atoms in total. The molecule has 4 aromatic rings. The highest BCUT2D eigenvalue weighted by molar-refractivity contribution is 6.02. The van der Waals surface area contributed by atoms with Crippen molar-refractivity contribution >= 4 is 34.0 Å². The van der Waals surface area contributed by atoms with Gasteiger partial charge in [-0.15, -0.1) is 0 Å². The predicted molar refractivity (Wildman–Crippen MR) is 117 cm³/mol. The number of carbonyl (C=O) groups excluding carboxylic acids is 1. The van der Waals surface area contributed by atoms with Gasteiger partial charge in [-0.25, -0.2) is 29.4 Å². The average molecular weight is 422 g/mol. The molecule has 4 rings (SSSR count). The SMILES string of the molecule is CC(C)c1cc(C(=O)OCCCn2cnc3c(N)ncnc32)c2cnn(C(C)C)c2n1.